The zero-order chi connectivity index (χ0) is 21.4. The van der Waals surface area contributed by atoms with Crippen molar-refractivity contribution in [2.75, 3.05) is 5.32 Å². The maximum absolute atomic E-state index is 13.2. The molecule has 0 radical (unpaired) electrons. The third-order valence-electron chi connectivity index (χ3n) is 5.03. The Morgan fingerprint density at radius 3 is 2.73 bits per heavy atom. The van der Waals surface area contributed by atoms with Crippen molar-refractivity contribution in [3.63, 3.8) is 0 Å². The Morgan fingerprint density at radius 1 is 1.17 bits per heavy atom. The van der Waals surface area contributed by atoms with Gasteiger partial charge >= 0.3 is 5.69 Å². The number of anilines is 1. The van der Waals surface area contributed by atoms with Crippen LogP contribution < -0.4 is 16.6 Å². The van der Waals surface area contributed by atoms with Crippen molar-refractivity contribution < 1.29 is 4.79 Å². The summed E-state index contributed by atoms with van der Waals surface area (Å²) in [6.07, 6.45) is 2.29. The number of hydrogen-bond acceptors (Lipinski definition) is 5. The molecule has 7 nitrogen and oxygen atoms in total. The number of hydrogen-bond donors (Lipinski definition) is 1. The van der Waals surface area contributed by atoms with Gasteiger partial charge in [0.05, 0.1) is 5.52 Å². The molecule has 1 N–H and O–H groups in total. The Labute approximate surface area is 176 Å². The molecular formula is C22H22N4O3S. The Kier molecular flexibility index (Phi) is 5.26. The van der Waals surface area contributed by atoms with Crippen LogP contribution in [0.1, 0.15) is 24.5 Å². The summed E-state index contributed by atoms with van der Waals surface area (Å²) in [4.78, 5) is 44.0. The second kappa shape index (κ2) is 7.87. The van der Waals surface area contributed by atoms with E-state index >= 15 is 0 Å². The molecule has 0 saturated carbocycles. The summed E-state index contributed by atoms with van der Waals surface area (Å²) in [5.41, 5.74) is 2.35. The summed E-state index contributed by atoms with van der Waals surface area (Å²) in [6, 6.07) is 9.40. The number of rotatable bonds is 5. The Bertz CT molecular complexity index is 1400. The number of carbonyl (C=O) groups excluding carboxylic acids is 1. The molecule has 1 amide bonds. The minimum Gasteiger partial charge on any atom is -0.324 e. The summed E-state index contributed by atoms with van der Waals surface area (Å²) < 4.78 is 3.05. The number of aromatic nitrogens is 3. The van der Waals surface area contributed by atoms with Gasteiger partial charge in [-0.3, -0.25) is 18.7 Å². The van der Waals surface area contributed by atoms with E-state index < -0.39 is 5.69 Å². The summed E-state index contributed by atoms with van der Waals surface area (Å²) >= 11 is 1.25. The Balaban J connectivity index is 1.86. The van der Waals surface area contributed by atoms with E-state index in [-0.39, 0.29) is 18.0 Å². The van der Waals surface area contributed by atoms with Crippen molar-refractivity contribution in [1.29, 1.82) is 0 Å². The van der Waals surface area contributed by atoms with Crippen LogP contribution in [0.2, 0.25) is 0 Å². The summed E-state index contributed by atoms with van der Waals surface area (Å²) in [6.45, 7) is 5.88. The van der Waals surface area contributed by atoms with E-state index in [4.69, 9.17) is 0 Å². The molecule has 0 saturated heterocycles. The van der Waals surface area contributed by atoms with Gasteiger partial charge in [-0.25, -0.2) is 9.78 Å². The first kappa shape index (κ1) is 20.0. The monoisotopic (exact) mass is 422 g/mol. The van der Waals surface area contributed by atoms with Gasteiger partial charge in [0, 0.05) is 23.8 Å². The van der Waals surface area contributed by atoms with Gasteiger partial charge in [0.1, 0.15) is 16.1 Å². The zero-order valence-electron chi connectivity index (χ0n) is 17.1. The molecule has 154 valence electrons. The number of amides is 1. The SMILES string of the molecule is CCCn1c(=O)c2sc3ncccc3c2n(CC(=O)Nc2cc(C)ccc2C)c1=O. The highest BCUT2D eigenvalue weighted by Crippen LogP contribution is 2.29. The molecule has 1 aromatic carbocycles. The minimum atomic E-state index is -0.478. The third kappa shape index (κ3) is 3.43. The first-order chi connectivity index (χ1) is 14.4. The summed E-state index contributed by atoms with van der Waals surface area (Å²) in [5.74, 6) is -0.322. The first-order valence-electron chi connectivity index (χ1n) is 9.78. The van der Waals surface area contributed by atoms with Gasteiger partial charge in [-0.15, -0.1) is 11.3 Å². The predicted molar refractivity (Wildman–Crippen MR) is 120 cm³/mol. The van der Waals surface area contributed by atoms with E-state index in [2.05, 4.69) is 10.3 Å². The van der Waals surface area contributed by atoms with Gasteiger partial charge in [0.15, 0.2) is 0 Å². The maximum atomic E-state index is 13.2. The number of thiophene rings is 1. The number of carbonyl (C=O) groups is 1. The number of fused-ring (bicyclic) bond motifs is 3. The summed E-state index contributed by atoms with van der Waals surface area (Å²) in [5, 5.41) is 3.60. The molecule has 4 rings (SSSR count). The van der Waals surface area contributed by atoms with Gasteiger partial charge in [-0.1, -0.05) is 19.1 Å². The van der Waals surface area contributed by atoms with Crippen LogP contribution in [0.3, 0.4) is 0 Å². The van der Waals surface area contributed by atoms with Crippen LogP contribution in [0.25, 0.3) is 20.4 Å². The lowest BCUT2D eigenvalue weighted by atomic mass is 10.1. The molecule has 0 spiro atoms. The lowest BCUT2D eigenvalue weighted by Gasteiger charge is -2.13. The van der Waals surface area contributed by atoms with Crippen molar-refractivity contribution >= 4 is 43.4 Å². The van der Waals surface area contributed by atoms with Crippen molar-refractivity contribution in [3.05, 3.63) is 68.5 Å². The van der Waals surface area contributed by atoms with Crippen LogP contribution in [0, 0.1) is 13.8 Å². The van der Waals surface area contributed by atoms with Gasteiger partial charge in [0.2, 0.25) is 5.91 Å². The van der Waals surface area contributed by atoms with E-state index in [1.54, 1.807) is 12.3 Å². The average Bonchev–Trinajstić information content (AvgIpc) is 3.11. The van der Waals surface area contributed by atoms with Crippen molar-refractivity contribution in [3.8, 4) is 0 Å². The second-order valence-electron chi connectivity index (χ2n) is 7.33. The average molecular weight is 423 g/mol. The Morgan fingerprint density at radius 2 is 1.97 bits per heavy atom. The molecule has 30 heavy (non-hydrogen) atoms. The summed E-state index contributed by atoms with van der Waals surface area (Å²) in [7, 11) is 0. The number of pyridine rings is 1. The van der Waals surface area contributed by atoms with Crippen LogP contribution in [-0.4, -0.2) is 20.0 Å². The minimum absolute atomic E-state index is 0.187. The highest BCUT2D eigenvalue weighted by molar-refractivity contribution is 7.25. The van der Waals surface area contributed by atoms with E-state index in [0.717, 1.165) is 11.1 Å². The van der Waals surface area contributed by atoms with Crippen LogP contribution in [0.15, 0.2) is 46.1 Å². The molecule has 0 aliphatic heterocycles. The molecular weight excluding hydrogens is 400 g/mol. The molecule has 0 fully saturated rings. The fraction of sp³-hybridized carbons (Fsp3) is 0.273. The highest BCUT2D eigenvalue weighted by atomic mass is 32.1. The molecule has 8 heteroatoms. The highest BCUT2D eigenvalue weighted by Gasteiger charge is 2.20. The maximum Gasteiger partial charge on any atom is 0.332 e. The van der Waals surface area contributed by atoms with Crippen molar-refractivity contribution in [2.24, 2.45) is 0 Å². The molecule has 0 atom stereocenters. The van der Waals surface area contributed by atoms with Gasteiger partial charge in [-0.05, 0) is 49.6 Å². The fourth-order valence-electron chi connectivity index (χ4n) is 3.55. The zero-order valence-corrected chi connectivity index (χ0v) is 17.9. The molecule has 3 aromatic heterocycles. The first-order valence-corrected chi connectivity index (χ1v) is 10.6. The topological polar surface area (TPSA) is 86.0 Å². The third-order valence-corrected chi connectivity index (χ3v) is 6.12. The smallest absolute Gasteiger partial charge is 0.324 e. The largest absolute Gasteiger partial charge is 0.332 e. The lowest BCUT2D eigenvalue weighted by molar-refractivity contribution is -0.116. The van der Waals surface area contributed by atoms with Gasteiger partial charge in [-0.2, -0.15) is 0 Å². The van der Waals surface area contributed by atoms with Gasteiger partial charge < -0.3 is 5.32 Å². The molecule has 0 unspecified atom stereocenters. The van der Waals surface area contributed by atoms with Gasteiger partial charge in [0.25, 0.3) is 5.56 Å². The van der Waals surface area contributed by atoms with Crippen LogP contribution in [0.4, 0.5) is 5.69 Å². The number of nitrogens with one attached hydrogen (secondary N) is 1. The fourth-order valence-corrected chi connectivity index (χ4v) is 4.65. The van der Waals surface area contributed by atoms with Crippen LogP contribution in [0.5, 0.6) is 0 Å². The number of aryl methyl sites for hydroxylation is 2. The standard InChI is InChI=1S/C22H22N4O3S/c1-4-10-25-21(28)19-18(15-6-5-9-23-20(15)30-19)26(22(25)29)12-17(27)24-16-11-13(2)7-8-14(16)3/h5-9,11H,4,10,12H2,1-3H3,(H,24,27). The van der Waals surface area contributed by atoms with E-state index in [1.807, 2.05) is 45.0 Å². The number of benzene rings is 1. The molecule has 0 aliphatic carbocycles. The van der Waals surface area contributed by atoms with Crippen LogP contribution in [-0.2, 0) is 17.9 Å². The lowest BCUT2D eigenvalue weighted by Crippen LogP contribution is -2.41. The molecule has 0 bridgehead atoms. The molecule has 4 aromatic rings. The van der Waals surface area contributed by atoms with E-state index in [9.17, 15) is 14.4 Å². The Hall–Kier alpha value is -3.26. The molecule has 3 heterocycles. The van der Waals surface area contributed by atoms with E-state index in [0.29, 0.717) is 39.1 Å². The quantitative estimate of drug-likeness (QED) is 0.534. The van der Waals surface area contributed by atoms with Crippen molar-refractivity contribution in [2.45, 2.75) is 40.3 Å². The normalized spacial score (nSPS) is 11.3. The molecule has 0 aliphatic rings. The van der Waals surface area contributed by atoms with Crippen LogP contribution >= 0.6 is 11.3 Å². The number of nitrogens with zero attached hydrogens (tertiary/aromatic N) is 3. The second-order valence-corrected chi connectivity index (χ2v) is 8.33. The predicted octanol–water partition coefficient (Wildman–Crippen LogP) is 3.44. The van der Waals surface area contributed by atoms with E-state index in [1.165, 1.54) is 20.5 Å². The van der Waals surface area contributed by atoms with Crippen molar-refractivity contribution in [1.82, 2.24) is 14.1 Å².